The van der Waals surface area contributed by atoms with Crippen LogP contribution >= 0.6 is 0 Å². The van der Waals surface area contributed by atoms with Gasteiger partial charge in [0.25, 0.3) is 0 Å². The molecule has 0 saturated carbocycles. The number of likely N-dealkylation sites (tertiary alicyclic amines) is 1. The minimum Gasteiger partial charge on any atom is -0.347 e. The number of nitrogens with two attached hydrogens (primary N) is 1. The van der Waals surface area contributed by atoms with Gasteiger partial charge in [-0.25, -0.2) is 0 Å². The van der Waals surface area contributed by atoms with Crippen LogP contribution in [0.3, 0.4) is 0 Å². The zero-order valence-corrected chi connectivity index (χ0v) is 10.6. The van der Waals surface area contributed by atoms with Crippen LogP contribution in [-0.2, 0) is 14.3 Å². The van der Waals surface area contributed by atoms with Crippen molar-refractivity contribution in [1.82, 2.24) is 4.90 Å². The molecule has 1 atom stereocenters. The third kappa shape index (κ3) is 2.61. The van der Waals surface area contributed by atoms with E-state index >= 15 is 0 Å². The lowest BCUT2D eigenvalue weighted by Crippen LogP contribution is -2.53. The van der Waals surface area contributed by atoms with Gasteiger partial charge in [0.05, 0.1) is 19.3 Å². The summed E-state index contributed by atoms with van der Waals surface area (Å²) >= 11 is 0. The summed E-state index contributed by atoms with van der Waals surface area (Å²) in [4.78, 5) is 13.9. The second-order valence-electron chi connectivity index (χ2n) is 5.20. The maximum Gasteiger partial charge on any atom is 0.239 e. The number of carbonyl (C=O) groups excluding carboxylic acids is 1. The predicted molar refractivity (Wildman–Crippen MR) is 63.3 cm³/mol. The second kappa shape index (κ2) is 4.92. The highest BCUT2D eigenvalue weighted by Gasteiger charge is 2.41. The van der Waals surface area contributed by atoms with Crippen molar-refractivity contribution in [2.45, 2.75) is 38.5 Å². The molecule has 17 heavy (non-hydrogen) atoms. The molecule has 5 heteroatoms. The fraction of sp³-hybridized carbons (Fsp3) is 0.917. The Morgan fingerprint density at radius 3 is 2.24 bits per heavy atom. The molecule has 0 aromatic rings. The zero-order valence-electron chi connectivity index (χ0n) is 10.6. The zero-order chi connectivity index (χ0) is 12.5. The van der Waals surface area contributed by atoms with Gasteiger partial charge in [-0.15, -0.1) is 0 Å². The Balaban J connectivity index is 1.88. The summed E-state index contributed by atoms with van der Waals surface area (Å²) in [5.41, 5.74) is 5.88. The fourth-order valence-corrected chi connectivity index (χ4v) is 2.35. The number of amides is 1. The van der Waals surface area contributed by atoms with Crippen LogP contribution in [0.2, 0.25) is 0 Å². The molecule has 98 valence electrons. The number of carbonyl (C=O) groups is 1. The van der Waals surface area contributed by atoms with E-state index in [9.17, 15) is 4.79 Å². The van der Waals surface area contributed by atoms with Gasteiger partial charge in [-0.05, 0) is 5.92 Å². The molecule has 2 N–H and O–H groups in total. The molecule has 2 fully saturated rings. The van der Waals surface area contributed by atoms with Gasteiger partial charge in [0.1, 0.15) is 0 Å². The van der Waals surface area contributed by atoms with Gasteiger partial charge < -0.3 is 20.1 Å². The van der Waals surface area contributed by atoms with E-state index in [4.69, 9.17) is 15.2 Å². The normalized spacial score (nSPS) is 25.5. The van der Waals surface area contributed by atoms with Gasteiger partial charge >= 0.3 is 0 Å². The van der Waals surface area contributed by atoms with Crippen LogP contribution in [0, 0.1) is 5.92 Å². The molecule has 2 aliphatic heterocycles. The van der Waals surface area contributed by atoms with E-state index in [1.54, 1.807) is 0 Å². The smallest absolute Gasteiger partial charge is 0.239 e. The third-order valence-corrected chi connectivity index (χ3v) is 3.65. The van der Waals surface area contributed by atoms with Crippen LogP contribution in [0.1, 0.15) is 26.7 Å². The van der Waals surface area contributed by atoms with Crippen molar-refractivity contribution in [2.24, 2.45) is 11.7 Å². The summed E-state index contributed by atoms with van der Waals surface area (Å²) in [5, 5.41) is 0. The van der Waals surface area contributed by atoms with Crippen LogP contribution in [0.4, 0.5) is 0 Å². The first kappa shape index (κ1) is 12.8. The number of piperidine rings is 1. The Morgan fingerprint density at radius 2 is 1.76 bits per heavy atom. The lowest BCUT2D eigenvalue weighted by molar-refractivity contribution is -0.187. The monoisotopic (exact) mass is 242 g/mol. The van der Waals surface area contributed by atoms with Gasteiger partial charge in [-0.1, -0.05) is 13.8 Å². The van der Waals surface area contributed by atoms with Crippen molar-refractivity contribution >= 4 is 5.91 Å². The highest BCUT2D eigenvalue weighted by atomic mass is 16.7. The number of rotatable bonds is 2. The van der Waals surface area contributed by atoms with E-state index in [-0.39, 0.29) is 11.8 Å². The van der Waals surface area contributed by atoms with Crippen LogP contribution in [0.25, 0.3) is 0 Å². The van der Waals surface area contributed by atoms with E-state index in [0.717, 1.165) is 12.8 Å². The summed E-state index contributed by atoms with van der Waals surface area (Å²) in [7, 11) is 0. The minimum atomic E-state index is -0.418. The number of ether oxygens (including phenoxy) is 2. The third-order valence-electron chi connectivity index (χ3n) is 3.65. The molecule has 1 amide bonds. The molecule has 0 aromatic carbocycles. The predicted octanol–water partition coefficient (Wildman–Crippen LogP) is 0.335. The molecule has 5 nitrogen and oxygen atoms in total. The van der Waals surface area contributed by atoms with Crippen molar-refractivity contribution < 1.29 is 14.3 Å². The molecule has 0 aliphatic carbocycles. The van der Waals surface area contributed by atoms with Crippen LogP contribution in [-0.4, -0.2) is 48.9 Å². The number of nitrogens with zero attached hydrogens (tertiary/aromatic N) is 1. The topological polar surface area (TPSA) is 64.8 Å². The molecule has 2 rings (SSSR count). The average molecular weight is 242 g/mol. The first-order valence-corrected chi connectivity index (χ1v) is 6.36. The number of hydrogen-bond donors (Lipinski definition) is 1. The second-order valence-corrected chi connectivity index (χ2v) is 5.20. The molecule has 2 heterocycles. The SMILES string of the molecule is CC(C)[C@@H](N)C(=O)N1CCC2(CC1)OCCO2. The van der Waals surface area contributed by atoms with Gasteiger partial charge in [0.2, 0.25) is 5.91 Å². The van der Waals surface area contributed by atoms with E-state index in [2.05, 4.69) is 0 Å². The van der Waals surface area contributed by atoms with E-state index in [0.29, 0.717) is 26.3 Å². The molecule has 0 bridgehead atoms. The first-order chi connectivity index (χ1) is 8.04. The Hall–Kier alpha value is -0.650. The van der Waals surface area contributed by atoms with Crippen molar-refractivity contribution in [3.05, 3.63) is 0 Å². The van der Waals surface area contributed by atoms with Crippen LogP contribution in [0.5, 0.6) is 0 Å². The van der Waals surface area contributed by atoms with E-state index < -0.39 is 11.8 Å². The first-order valence-electron chi connectivity index (χ1n) is 6.36. The number of hydrogen-bond acceptors (Lipinski definition) is 4. The molecular formula is C12H22N2O3. The molecule has 0 aromatic heterocycles. The molecule has 2 aliphatic rings. The van der Waals surface area contributed by atoms with Crippen molar-refractivity contribution in [2.75, 3.05) is 26.3 Å². The fourth-order valence-electron chi connectivity index (χ4n) is 2.35. The maximum atomic E-state index is 12.1. The molecule has 2 saturated heterocycles. The summed E-state index contributed by atoms with van der Waals surface area (Å²) in [5.74, 6) is -0.191. The van der Waals surface area contributed by atoms with Gasteiger partial charge in [-0.3, -0.25) is 4.79 Å². The van der Waals surface area contributed by atoms with Gasteiger partial charge in [-0.2, -0.15) is 0 Å². The molecule has 0 radical (unpaired) electrons. The summed E-state index contributed by atoms with van der Waals surface area (Å²) < 4.78 is 11.3. The highest BCUT2D eigenvalue weighted by molar-refractivity contribution is 5.82. The van der Waals surface area contributed by atoms with Crippen molar-refractivity contribution in [1.29, 1.82) is 0 Å². The largest absolute Gasteiger partial charge is 0.347 e. The maximum absolute atomic E-state index is 12.1. The van der Waals surface area contributed by atoms with Gasteiger partial charge in [0.15, 0.2) is 5.79 Å². The van der Waals surface area contributed by atoms with Crippen LogP contribution < -0.4 is 5.73 Å². The average Bonchev–Trinajstić information content (AvgIpc) is 2.76. The minimum absolute atomic E-state index is 0.0489. The highest BCUT2D eigenvalue weighted by Crippen LogP contribution is 2.31. The molecular weight excluding hydrogens is 220 g/mol. The van der Waals surface area contributed by atoms with Crippen molar-refractivity contribution in [3.8, 4) is 0 Å². The Bertz CT molecular complexity index is 277. The quantitative estimate of drug-likeness (QED) is 0.758. The van der Waals surface area contributed by atoms with E-state index in [1.807, 2.05) is 18.7 Å². The Labute approximate surface area is 102 Å². The molecule has 0 unspecified atom stereocenters. The Morgan fingerprint density at radius 1 is 1.24 bits per heavy atom. The summed E-state index contributed by atoms with van der Waals surface area (Å²) in [6.45, 7) is 6.63. The van der Waals surface area contributed by atoms with Crippen molar-refractivity contribution in [3.63, 3.8) is 0 Å². The lowest BCUT2D eigenvalue weighted by Gasteiger charge is -2.38. The van der Waals surface area contributed by atoms with Crippen LogP contribution in [0.15, 0.2) is 0 Å². The molecule has 1 spiro atoms. The lowest BCUT2D eigenvalue weighted by atomic mass is 9.99. The summed E-state index contributed by atoms with van der Waals surface area (Å²) in [6, 6.07) is -0.394. The summed E-state index contributed by atoms with van der Waals surface area (Å²) in [6.07, 6.45) is 1.51. The van der Waals surface area contributed by atoms with E-state index in [1.165, 1.54) is 0 Å². The van der Waals surface area contributed by atoms with Gasteiger partial charge in [0, 0.05) is 25.9 Å². The Kier molecular flexibility index (Phi) is 3.70. The standard InChI is InChI=1S/C12H22N2O3/c1-9(2)10(13)11(15)14-5-3-12(4-6-14)16-7-8-17-12/h9-10H,3-8,13H2,1-2H3/t10-/m1/s1.